The molecule has 0 fully saturated rings. The fourth-order valence-corrected chi connectivity index (χ4v) is 1.08. The lowest BCUT2D eigenvalue weighted by Gasteiger charge is -2.16. The summed E-state index contributed by atoms with van der Waals surface area (Å²) in [5.41, 5.74) is 6.06. The van der Waals surface area contributed by atoms with Crippen LogP contribution in [0.25, 0.3) is 0 Å². The fraction of sp³-hybridized carbons (Fsp3) is 0.444. The first-order chi connectivity index (χ1) is 6.50. The highest BCUT2D eigenvalue weighted by molar-refractivity contribution is 6.30. The van der Waals surface area contributed by atoms with Crippen molar-refractivity contribution in [2.75, 3.05) is 0 Å². The maximum atomic E-state index is 11.5. The first-order valence-corrected chi connectivity index (χ1v) is 4.79. The van der Waals surface area contributed by atoms with Crippen molar-refractivity contribution in [2.24, 2.45) is 5.73 Å². The molecule has 4 N–H and O–H groups in total. The second-order valence-corrected chi connectivity index (χ2v) is 3.79. The molecule has 0 aromatic carbocycles. The van der Waals surface area contributed by atoms with Gasteiger partial charge in [0.1, 0.15) is 5.69 Å². The van der Waals surface area contributed by atoms with Crippen molar-refractivity contribution in [2.45, 2.75) is 25.9 Å². The maximum absolute atomic E-state index is 11.5. The first-order valence-electron chi connectivity index (χ1n) is 4.41. The van der Waals surface area contributed by atoms with Gasteiger partial charge in [0.05, 0.1) is 5.02 Å². The topological polar surface area (TPSA) is 70.9 Å². The molecule has 0 saturated carbocycles. The number of hydrogen-bond acceptors (Lipinski definition) is 2. The summed E-state index contributed by atoms with van der Waals surface area (Å²) in [6, 6.07) is 1.43. The molecule has 0 aliphatic heterocycles. The summed E-state index contributed by atoms with van der Waals surface area (Å²) in [7, 11) is 0. The Balaban J connectivity index is 2.59. The molecule has 0 saturated heterocycles. The van der Waals surface area contributed by atoms with E-state index in [0.29, 0.717) is 10.7 Å². The Bertz CT molecular complexity index is 322. The van der Waals surface area contributed by atoms with Crippen molar-refractivity contribution in [3.8, 4) is 0 Å². The van der Waals surface area contributed by atoms with Crippen molar-refractivity contribution in [1.29, 1.82) is 0 Å². The van der Waals surface area contributed by atoms with Gasteiger partial charge in [0.25, 0.3) is 5.91 Å². The molecule has 0 spiro atoms. The summed E-state index contributed by atoms with van der Waals surface area (Å²) >= 11 is 5.67. The van der Waals surface area contributed by atoms with Crippen LogP contribution in [0.4, 0.5) is 0 Å². The van der Waals surface area contributed by atoms with Crippen LogP contribution in [-0.4, -0.2) is 23.0 Å². The lowest BCUT2D eigenvalue weighted by atomic mass is 10.2. The number of hydrogen-bond donors (Lipinski definition) is 3. The second kappa shape index (κ2) is 4.48. The molecule has 1 amide bonds. The summed E-state index contributed by atoms with van der Waals surface area (Å²) in [6.45, 7) is 3.69. The predicted octanol–water partition coefficient (Wildman–Crippen LogP) is 1.13. The zero-order valence-corrected chi connectivity index (χ0v) is 8.93. The average molecular weight is 216 g/mol. The van der Waals surface area contributed by atoms with Crippen molar-refractivity contribution >= 4 is 17.5 Å². The van der Waals surface area contributed by atoms with Crippen LogP contribution in [0.15, 0.2) is 12.3 Å². The van der Waals surface area contributed by atoms with Gasteiger partial charge in [-0.25, -0.2) is 0 Å². The standard InChI is InChI=1S/C9H14ClN3O/c1-5(11)6(2)13-9(14)8-3-7(10)4-12-8/h3-6,12H,11H2,1-2H3,(H,13,14). The highest BCUT2D eigenvalue weighted by Gasteiger charge is 2.13. The third-order valence-electron chi connectivity index (χ3n) is 2.04. The normalized spacial score (nSPS) is 14.9. The summed E-state index contributed by atoms with van der Waals surface area (Å²) in [4.78, 5) is 14.3. The van der Waals surface area contributed by atoms with Crippen LogP contribution in [0.5, 0.6) is 0 Å². The number of halogens is 1. The fourth-order valence-electron chi connectivity index (χ4n) is 0.915. The number of carbonyl (C=O) groups is 1. The molecule has 1 heterocycles. The molecular formula is C9H14ClN3O. The van der Waals surface area contributed by atoms with E-state index in [2.05, 4.69) is 10.3 Å². The van der Waals surface area contributed by atoms with E-state index in [0.717, 1.165) is 0 Å². The molecule has 0 radical (unpaired) electrons. The molecule has 5 heteroatoms. The average Bonchev–Trinajstić information content (AvgIpc) is 2.51. The zero-order valence-electron chi connectivity index (χ0n) is 8.17. The molecule has 0 aliphatic rings. The Labute approximate surface area is 87.8 Å². The molecule has 1 aromatic rings. The van der Waals surface area contributed by atoms with Gasteiger partial charge in [-0.2, -0.15) is 0 Å². The van der Waals surface area contributed by atoms with Gasteiger partial charge < -0.3 is 16.0 Å². The van der Waals surface area contributed by atoms with E-state index in [1.807, 2.05) is 13.8 Å². The van der Waals surface area contributed by atoms with E-state index in [1.54, 1.807) is 12.3 Å². The van der Waals surface area contributed by atoms with Gasteiger partial charge >= 0.3 is 0 Å². The molecule has 0 bridgehead atoms. The molecule has 4 nitrogen and oxygen atoms in total. The molecule has 14 heavy (non-hydrogen) atoms. The molecular weight excluding hydrogens is 202 g/mol. The molecule has 0 aliphatic carbocycles. The van der Waals surface area contributed by atoms with Crippen LogP contribution in [0, 0.1) is 0 Å². The number of carbonyl (C=O) groups excluding carboxylic acids is 1. The van der Waals surface area contributed by atoms with Gasteiger partial charge in [0.15, 0.2) is 0 Å². The molecule has 1 rings (SSSR count). The molecule has 2 unspecified atom stereocenters. The van der Waals surface area contributed by atoms with Crippen molar-refractivity contribution in [3.63, 3.8) is 0 Å². The Morgan fingerprint density at radius 3 is 2.71 bits per heavy atom. The monoisotopic (exact) mass is 215 g/mol. The number of H-pyrrole nitrogens is 1. The smallest absolute Gasteiger partial charge is 0.268 e. The second-order valence-electron chi connectivity index (χ2n) is 3.35. The third kappa shape index (κ3) is 2.75. The van der Waals surface area contributed by atoms with Crippen LogP contribution < -0.4 is 11.1 Å². The van der Waals surface area contributed by atoms with Gasteiger partial charge in [0, 0.05) is 18.3 Å². The van der Waals surface area contributed by atoms with Crippen molar-refractivity contribution in [3.05, 3.63) is 23.0 Å². The minimum atomic E-state index is -0.193. The molecule has 1 aromatic heterocycles. The van der Waals surface area contributed by atoms with Crippen LogP contribution >= 0.6 is 11.6 Å². The summed E-state index contributed by atoms with van der Waals surface area (Å²) < 4.78 is 0. The lowest BCUT2D eigenvalue weighted by Crippen LogP contribution is -2.44. The van der Waals surface area contributed by atoms with E-state index in [-0.39, 0.29) is 18.0 Å². The molecule has 78 valence electrons. The summed E-state index contributed by atoms with van der Waals surface area (Å²) in [6.07, 6.45) is 1.56. The Morgan fingerprint density at radius 1 is 1.64 bits per heavy atom. The highest BCUT2D eigenvalue weighted by atomic mass is 35.5. The van der Waals surface area contributed by atoms with E-state index < -0.39 is 0 Å². The van der Waals surface area contributed by atoms with Crippen LogP contribution in [0.2, 0.25) is 5.02 Å². The maximum Gasteiger partial charge on any atom is 0.268 e. The lowest BCUT2D eigenvalue weighted by molar-refractivity contribution is 0.0931. The highest BCUT2D eigenvalue weighted by Crippen LogP contribution is 2.09. The van der Waals surface area contributed by atoms with Gasteiger partial charge in [-0.3, -0.25) is 4.79 Å². The first kappa shape index (κ1) is 11.1. The van der Waals surface area contributed by atoms with E-state index in [4.69, 9.17) is 17.3 Å². The number of nitrogens with one attached hydrogen (secondary N) is 2. The van der Waals surface area contributed by atoms with Gasteiger partial charge in [-0.05, 0) is 19.9 Å². The van der Waals surface area contributed by atoms with Gasteiger partial charge in [0.2, 0.25) is 0 Å². The Morgan fingerprint density at radius 2 is 2.29 bits per heavy atom. The number of rotatable bonds is 3. The van der Waals surface area contributed by atoms with E-state index in [9.17, 15) is 4.79 Å². The van der Waals surface area contributed by atoms with Crippen molar-refractivity contribution in [1.82, 2.24) is 10.3 Å². The molecule has 2 atom stereocenters. The third-order valence-corrected chi connectivity index (χ3v) is 2.26. The van der Waals surface area contributed by atoms with E-state index in [1.165, 1.54) is 0 Å². The largest absolute Gasteiger partial charge is 0.356 e. The minimum absolute atomic E-state index is 0.0652. The minimum Gasteiger partial charge on any atom is -0.356 e. The number of aromatic nitrogens is 1. The Kier molecular flexibility index (Phi) is 3.55. The summed E-state index contributed by atoms with van der Waals surface area (Å²) in [5.74, 6) is -0.193. The SMILES string of the molecule is CC(N)C(C)NC(=O)c1cc(Cl)c[nH]1. The van der Waals surface area contributed by atoms with Crippen LogP contribution in [0.1, 0.15) is 24.3 Å². The number of amides is 1. The predicted molar refractivity (Wildman–Crippen MR) is 56.4 cm³/mol. The van der Waals surface area contributed by atoms with Crippen LogP contribution in [-0.2, 0) is 0 Å². The van der Waals surface area contributed by atoms with Gasteiger partial charge in [-0.1, -0.05) is 11.6 Å². The van der Waals surface area contributed by atoms with Crippen molar-refractivity contribution < 1.29 is 4.79 Å². The zero-order chi connectivity index (χ0) is 10.7. The number of nitrogens with two attached hydrogens (primary N) is 1. The number of aromatic amines is 1. The van der Waals surface area contributed by atoms with Gasteiger partial charge in [-0.15, -0.1) is 0 Å². The quantitative estimate of drug-likeness (QED) is 0.708. The Hall–Kier alpha value is -1.00. The summed E-state index contributed by atoms with van der Waals surface area (Å²) in [5, 5.41) is 3.27. The van der Waals surface area contributed by atoms with E-state index >= 15 is 0 Å². The van der Waals surface area contributed by atoms with Crippen LogP contribution in [0.3, 0.4) is 0 Å².